The highest BCUT2D eigenvalue weighted by Crippen LogP contribution is 2.28. The number of hydrogen-bond donors (Lipinski definition) is 2. The van der Waals surface area contributed by atoms with E-state index in [-0.39, 0.29) is 12.1 Å². The number of hydrogen-bond acceptors (Lipinski definition) is 4. The zero-order chi connectivity index (χ0) is 18.5. The predicted molar refractivity (Wildman–Crippen MR) is 102 cm³/mol. The molecule has 0 spiro atoms. The Morgan fingerprint density at radius 2 is 2.00 bits per heavy atom. The molecule has 2 aromatic carbocycles. The maximum atomic E-state index is 12.2. The molecule has 2 N–H and O–H groups in total. The van der Waals surface area contributed by atoms with Crippen LogP contribution in [0.2, 0.25) is 0 Å². The number of anilines is 1. The minimum absolute atomic E-state index is 0.0641. The van der Waals surface area contributed by atoms with Gasteiger partial charge in [-0.15, -0.1) is 0 Å². The highest BCUT2D eigenvalue weighted by Gasteiger charge is 2.21. The highest BCUT2D eigenvalue weighted by molar-refractivity contribution is 5.74. The van der Waals surface area contributed by atoms with E-state index in [1.165, 1.54) is 0 Å². The third-order valence-electron chi connectivity index (χ3n) is 4.42. The average Bonchev–Trinajstić information content (AvgIpc) is 2.66. The summed E-state index contributed by atoms with van der Waals surface area (Å²) in [5.41, 5.74) is 3.23. The SMILES string of the molecule is COc1ccc2c(c1)CC(NC(=O)NCc1ccc(N(C)C)cc1)CO2. The highest BCUT2D eigenvalue weighted by atomic mass is 16.5. The molecule has 6 nitrogen and oxygen atoms in total. The number of nitrogens with zero attached hydrogens (tertiary/aromatic N) is 1. The fourth-order valence-corrected chi connectivity index (χ4v) is 2.92. The third kappa shape index (κ3) is 4.39. The van der Waals surface area contributed by atoms with E-state index in [9.17, 15) is 4.79 Å². The Kier molecular flexibility index (Phi) is 5.51. The summed E-state index contributed by atoms with van der Waals surface area (Å²) in [6.07, 6.45) is 0.720. The van der Waals surface area contributed by atoms with Gasteiger partial charge in [-0.1, -0.05) is 12.1 Å². The zero-order valence-corrected chi connectivity index (χ0v) is 15.4. The van der Waals surface area contributed by atoms with Crippen LogP contribution in [0.25, 0.3) is 0 Å². The molecule has 0 saturated heterocycles. The van der Waals surface area contributed by atoms with Crippen molar-refractivity contribution >= 4 is 11.7 Å². The summed E-state index contributed by atoms with van der Waals surface area (Å²) in [5.74, 6) is 1.64. The van der Waals surface area contributed by atoms with E-state index < -0.39 is 0 Å². The molecule has 0 fully saturated rings. The molecule has 0 saturated carbocycles. The zero-order valence-electron chi connectivity index (χ0n) is 15.4. The van der Waals surface area contributed by atoms with E-state index in [2.05, 4.69) is 10.6 Å². The number of methoxy groups -OCH3 is 1. The van der Waals surface area contributed by atoms with E-state index in [0.717, 1.165) is 34.7 Å². The summed E-state index contributed by atoms with van der Waals surface area (Å²) in [5, 5.41) is 5.87. The van der Waals surface area contributed by atoms with Crippen molar-refractivity contribution in [2.24, 2.45) is 0 Å². The Labute approximate surface area is 154 Å². The molecule has 3 rings (SSSR count). The van der Waals surface area contributed by atoms with Gasteiger partial charge in [-0.25, -0.2) is 4.79 Å². The summed E-state index contributed by atoms with van der Waals surface area (Å²) in [6, 6.07) is 13.6. The van der Waals surface area contributed by atoms with Crippen molar-refractivity contribution < 1.29 is 14.3 Å². The maximum absolute atomic E-state index is 12.2. The topological polar surface area (TPSA) is 62.8 Å². The molecule has 138 valence electrons. The van der Waals surface area contributed by atoms with Gasteiger partial charge in [0.1, 0.15) is 18.1 Å². The van der Waals surface area contributed by atoms with Crippen molar-refractivity contribution in [2.75, 3.05) is 32.7 Å². The number of carbonyl (C=O) groups excluding carboxylic acids is 1. The second-order valence-corrected chi connectivity index (χ2v) is 6.57. The number of urea groups is 1. The third-order valence-corrected chi connectivity index (χ3v) is 4.42. The first-order valence-electron chi connectivity index (χ1n) is 8.65. The van der Waals surface area contributed by atoms with E-state index in [0.29, 0.717) is 13.2 Å². The first-order valence-corrected chi connectivity index (χ1v) is 8.65. The minimum Gasteiger partial charge on any atom is -0.497 e. The maximum Gasteiger partial charge on any atom is 0.315 e. The van der Waals surface area contributed by atoms with Crippen LogP contribution in [-0.4, -0.2) is 39.9 Å². The second kappa shape index (κ2) is 7.99. The molecule has 1 aliphatic heterocycles. The largest absolute Gasteiger partial charge is 0.497 e. The van der Waals surface area contributed by atoms with Crippen molar-refractivity contribution in [3.63, 3.8) is 0 Å². The summed E-state index contributed by atoms with van der Waals surface area (Å²) in [7, 11) is 5.64. The molecule has 6 heteroatoms. The fraction of sp³-hybridized carbons (Fsp3) is 0.350. The number of ether oxygens (including phenoxy) is 2. The van der Waals surface area contributed by atoms with E-state index in [1.807, 2.05) is 61.5 Å². The van der Waals surface area contributed by atoms with Crippen molar-refractivity contribution in [3.8, 4) is 11.5 Å². The van der Waals surface area contributed by atoms with E-state index in [4.69, 9.17) is 9.47 Å². The molecule has 1 unspecified atom stereocenters. The van der Waals surface area contributed by atoms with Crippen LogP contribution in [0.5, 0.6) is 11.5 Å². The summed E-state index contributed by atoms with van der Waals surface area (Å²) in [4.78, 5) is 14.2. The van der Waals surface area contributed by atoms with E-state index >= 15 is 0 Å². The van der Waals surface area contributed by atoms with Crippen molar-refractivity contribution in [1.29, 1.82) is 0 Å². The molecule has 0 aliphatic carbocycles. The van der Waals surface area contributed by atoms with Crippen LogP contribution in [0.3, 0.4) is 0 Å². The van der Waals surface area contributed by atoms with Gasteiger partial charge in [0.2, 0.25) is 0 Å². The minimum atomic E-state index is -0.193. The Hall–Kier alpha value is -2.89. The predicted octanol–water partition coefficient (Wildman–Crippen LogP) is 2.56. The first-order chi connectivity index (χ1) is 12.5. The second-order valence-electron chi connectivity index (χ2n) is 6.57. The van der Waals surface area contributed by atoms with Gasteiger partial charge >= 0.3 is 6.03 Å². The molecule has 0 bridgehead atoms. The van der Waals surface area contributed by atoms with Crippen LogP contribution in [0.4, 0.5) is 10.5 Å². The molecule has 1 heterocycles. The van der Waals surface area contributed by atoms with Crippen LogP contribution < -0.4 is 25.0 Å². The molecule has 2 amide bonds. The van der Waals surface area contributed by atoms with Crippen molar-refractivity contribution in [2.45, 2.75) is 19.0 Å². The number of benzene rings is 2. The van der Waals surface area contributed by atoms with Crippen LogP contribution in [-0.2, 0) is 13.0 Å². The first kappa shape index (κ1) is 17.9. The lowest BCUT2D eigenvalue weighted by molar-refractivity contribution is 0.214. The lowest BCUT2D eigenvalue weighted by Crippen LogP contribution is -2.47. The average molecular weight is 355 g/mol. The van der Waals surface area contributed by atoms with Crippen LogP contribution >= 0.6 is 0 Å². The van der Waals surface area contributed by atoms with Gasteiger partial charge in [0.05, 0.1) is 13.2 Å². The van der Waals surface area contributed by atoms with Crippen LogP contribution in [0.1, 0.15) is 11.1 Å². The monoisotopic (exact) mass is 355 g/mol. The lowest BCUT2D eigenvalue weighted by Gasteiger charge is -2.26. The Morgan fingerprint density at radius 1 is 1.23 bits per heavy atom. The Balaban J connectivity index is 1.50. The molecule has 26 heavy (non-hydrogen) atoms. The summed E-state index contributed by atoms with van der Waals surface area (Å²) < 4.78 is 11.0. The number of carbonyl (C=O) groups is 1. The standard InChI is InChI=1S/C20H25N3O3/c1-23(2)17-6-4-14(5-7-17)12-21-20(24)22-16-10-15-11-18(25-3)8-9-19(15)26-13-16/h4-9,11,16H,10,12-13H2,1-3H3,(H2,21,22,24). The molecular weight excluding hydrogens is 330 g/mol. The van der Waals surface area contributed by atoms with Gasteiger partial charge < -0.3 is 25.0 Å². The normalized spacial score (nSPS) is 15.4. The lowest BCUT2D eigenvalue weighted by atomic mass is 10.0. The van der Waals surface area contributed by atoms with Crippen LogP contribution in [0.15, 0.2) is 42.5 Å². The van der Waals surface area contributed by atoms with E-state index in [1.54, 1.807) is 7.11 Å². The number of amides is 2. The summed E-state index contributed by atoms with van der Waals surface area (Å²) >= 11 is 0. The Bertz CT molecular complexity index is 759. The summed E-state index contributed by atoms with van der Waals surface area (Å²) in [6.45, 7) is 0.946. The van der Waals surface area contributed by atoms with Crippen molar-refractivity contribution in [3.05, 3.63) is 53.6 Å². The molecule has 0 aromatic heterocycles. The van der Waals surface area contributed by atoms with Gasteiger partial charge in [-0.05, 0) is 47.9 Å². The van der Waals surface area contributed by atoms with Gasteiger partial charge in [-0.2, -0.15) is 0 Å². The number of nitrogens with one attached hydrogen (secondary N) is 2. The van der Waals surface area contributed by atoms with Crippen molar-refractivity contribution in [1.82, 2.24) is 10.6 Å². The smallest absolute Gasteiger partial charge is 0.315 e. The fourth-order valence-electron chi connectivity index (χ4n) is 2.92. The molecular formula is C20H25N3O3. The molecule has 1 atom stereocenters. The van der Waals surface area contributed by atoms with Gasteiger partial charge in [0, 0.05) is 26.3 Å². The quantitative estimate of drug-likeness (QED) is 0.865. The molecule has 0 radical (unpaired) electrons. The van der Waals surface area contributed by atoms with Crippen LogP contribution in [0, 0.1) is 0 Å². The number of rotatable bonds is 5. The van der Waals surface area contributed by atoms with Gasteiger partial charge in [0.25, 0.3) is 0 Å². The molecule has 2 aromatic rings. The van der Waals surface area contributed by atoms with Gasteiger partial charge in [0.15, 0.2) is 0 Å². The Morgan fingerprint density at radius 3 is 2.69 bits per heavy atom. The van der Waals surface area contributed by atoms with Gasteiger partial charge in [-0.3, -0.25) is 0 Å². The molecule has 1 aliphatic rings. The number of fused-ring (bicyclic) bond motifs is 1.